The molecule has 4 heteroatoms. The van der Waals surface area contributed by atoms with Crippen molar-refractivity contribution >= 4 is 24.2 Å². The normalized spacial score (nSPS) is 21.3. The lowest BCUT2D eigenvalue weighted by molar-refractivity contribution is 0.00578. The average Bonchev–Trinajstić information content (AvgIpc) is 2.46. The number of hydrogen-bond donors (Lipinski definition) is 0. The van der Waals surface area contributed by atoms with Gasteiger partial charge in [0.1, 0.15) is 0 Å². The molecule has 0 spiro atoms. The van der Waals surface area contributed by atoms with E-state index in [0.29, 0.717) is 0 Å². The molecule has 0 aliphatic carbocycles. The molecule has 0 radical (unpaired) electrons. The van der Waals surface area contributed by atoms with Crippen LogP contribution in [-0.4, -0.2) is 18.3 Å². The highest BCUT2D eigenvalue weighted by atomic mass is 35.5. The van der Waals surface area contributed by atoms with Gasteiger partial charge in [-0.1, -0.05) is 38.4 Å². The molecule has 1 heterocycles. The Labute approximate surface area is 127 Å². The van der Waals surface area contributed by atoms with Gasteiger partial charge in [0.25, 0.3) is 0 Å². The lowest BCUT2D eigenvalue weighted by Crippen LogP contribution is -2.41. The minimum Gasteiger partial charge on any atom is -0.399 e. The van der Waals surface area contributed by atoms with Crippen molar-refractivity contribution in [3.8, 4) is 0 Å². The molecule has 0 amide bonds. The van der Waals surface area contributed by atoms with E-state index in [4.69, 9.17) is 20.9 Å². The molecule has 110 valence electrons. The van der Waals surface area contributed by atoms with Gasteiger partial charge in [-0.15, -0.1) is 0 Å². The van der Waals surface area contributed by atoms with E-state index in [9.17, 15) is 0 Å². The molecule has 0 atom stereocenters. The van der Waals surface area contributed by atoms with E-state index in [1.807, 2.05) is 12.1 Å². The summed E-state index contributed by atoms with van der Waals surface area (Å²) in [5.41, 5.74) is 1.56. The molecule has 0 aromatic heterocycles. The highest BCUT2D eigenvalue weighted by molar-refractivity contribution is 6.62. The second-order valence-corrected chi connectivity index (χ2v) is 8.05. The highest BCUT2D eigenvalue weighted by Gasteiger charge is 2.51. The molecule has 0 N–H and O–H groups in total. The van der Waals surface area contributed by atoms with Crippen LogP contribution in [0.15, 0.2) is 18.2 Å². The van der Waals surface area contributed by atoms with E-state index in [-0.39, 0.29) is 23.7 Å². The van der Waals surface area contributed by atoms with E-state index in [1.165, 1.54) is 5.56 Å². The van der Waals surface area contributed by atoms with Crippen LogP contribution in [0.3, 0.4) is 0 Å². The number of rotatable bonds is 1. The second kappa shape index (κ2) is 4.76. The topological polar surface area (TPSA) is 18.5 Å². The van der Waals surface area contributed by atoms with Gasteiger partial charge in [0.2, 0.25) is 0 Å². The average molecular weight is 295 g/mol. The fraction of sp³-hybridized carbons (Fsp3) is 0.625. The van der Waals surface area contributed by atoms with Crippen molar-refractivity contribution in [2.75, 3.05) is 0 Å². The van der Waals surface area contributed by atoms with Crippen LogP contribution in [0, 0.1) is 0 Å². The van der Waals surface area contributed by atoms with E-state index in [2.05, 4.69) is 54.5 Å². The van der Waals surface area contributed by atoms with Crippen molar-refractivity contribution < 1.29 is 9.31 Å². The molecule has 2 nitrogen and oxygen atoms in total. The summed E-state index contributed by atoms with van der Waals surface area (Å²) in [6.07, 6.45) is 0. The smallest absolute Gasteiger partial charge is 0.399 e. The second-order valence-electron chi connectivity index (χ2n) is 7.61. The van der Waals surface area contributed by atoms with E-state index in [1.54, 1.807) is 0 Å². The van der Waals surface area contributed by atoms with Crippen molar-refractivity contribution in [2.24, 2.45) is 0 Å². The third-order valence-electron chi connectivity index (χ3n) is 4.31. The molecule has 1 saturated heterocycles. The monoisotopic (exact) mass is 294 g/mol. The highest BCUT2D eigenvalue weighted by Crippen LogP contribution is 2.37. The molecular weight excluding hydrogens is 270 g/mol. The summed E-state index contributed by atoms with van der Waals surface area (Å²) < 4.78 is 12.2. The fourth-order valence-corrected chi connectivity index (χ4v) is 2.40. The maximum atomic E-state index is 6.27. The van der Waals surface area contributed by atoms with Gasteiger partial charge in [0.15, 0.2) is 0 Å². The van der Waals surface area contributed by atoms with Crippen molar-refractivity contribution in [1.29, 1.82) is 0 Å². The molecule has 0 bridgehead atoms. The SMILES string of the molecule is CC(C)(C)c1cc(Cl)cc(B2OC(C)(C)C(C)(C)O2)c1. The minimum atomic E-state index is -0.361. The predicted octanol–water partition coefficient (Wildman–Crippen LogP) is 3.94. The van der Waals surface area contributed by atoms with Crippen LogP contribution in [0.5, 0.6) is 0 Å². The standard InChI is InChI=1S/C16H24BClO2/c1-14(2,3)11-8-12(10-13(18)9-11)17-19-15(4,5)16(6,7)20-17/h8-10H,1-7H3. The van der Waals surface area contributed by atoms with Crippen LogP contribution in [0.4, 0.5) is 0 Å². The number of halogens is 1. The maximum absolute atomic E-state index is 6.27. The molecule has 1 aromatic carbocycles. The Morgan fingerprint density at radius 1 is 0.950 bits per heavy atom. The first-order chi connectivity index (χ1) is 8.92. The van der Waals surface area contributed by atoms with Gasteiger partial charge in [-0.2, -0.15) is 0 Å². The lowest BCUT2D eigenvalue weighted by atomic mass is 9.75. The minimum absolute atomic E-state index is 0.0449. The molecule has 1 fully saturated rings. The Bertz CT molecular complexity index is 502. The van der Waals surface area contributed by atoms with E-state index >= 15 is 0 Å². The molecular formula is C16H24BClO2. The van der Waals surface area contributed by atoms with Gasteiger partial charge in [0.05, 0.1) is 11.2 Å². The van der Waals surface area contributed by atoms with Gasteiger partial charge in [-0.25, -0.2) is 0 Å². The Balaban J connectivity index is 2.38. The van der Waals surface area contributed by atoms with Crippen molar-refractivity contribution in [2.45, 2.75) is 65.1 Å². The predicted molar refractivity (Wildman–Crippen MR) is 85.9 cm³/mol. The largest absolute Gasteiger partial charge is 0.494 e. The Morgan fingerprint density at radius 3 is 1.90 bits per heavy atom. The molecule has 1 aliphatic rings. The van der Waals surface area contributed by atoms with E-state index < -0.39 is 0 Å². The summed E-state index contributed by atoms with van der Waals surface area (Å²) >= 11 is 6.27. The first kappa shape index (κ1) is 15.9. The summed E-state index contributed by atoms with van der Waals surface area (Å²) in [5.74, 6) is 0. The Morgan fingerprint density at radius 2 is 1.45 bits per heavy atom. The van der Waals surface area contributed by atoms with Crippen LogP contribution in [0.25, 0.3) is 0 Å². The number of hydrogen-bond acceptors (Lipinski definition) is 2. The Hall–Kier alpha value is -0.505. The van der Waals surface area contributed by atoms with Crippen molar-refractivity contribution in [3.05, 3.63) is 28.8 Å². The number of benzene rings is 1. The molecule has 0 saturated carbocycles. The van der Waals surface area contributed by atoms with Gasteiger partial charge < -0.3 is 9.31 Å². The Kier molecular flexibility index (Phi) is 3.78. The maximum Gasteiger partial charge on any atom is 0.494 e. The van der Waals surface area contributed by atoms with Gasteiger partial charge >= 0.3 is 7.12 Å². The quantitative estimate of drug-likeness (QED) is 0.731. The summed E-state index contributed by atoms with van der Waals surface area (Å²) in [4.78, 5) is 0. The molecule has 20 heavy (non-hydrogen) atoms. The van der Waals surface area contributed by atoms with Gasteiger partial charge in [0, 0.05) is 5.02 Å². The van der Waals surface area contributed by atoms with Gasteiger partial charge in [-0.05, 0) is 56.3 Å². The third-order valence-corrected chi connectivity index (χ3v) is 4.53. The van der Waals surface area contributed by atoms with Crippen LogP contribution < -0.4 is 5.46 Å². The van der Waals surface area contributed by atoms with Gasteiger partial charge in [-0.3, -0.25) is 0 Å². The van der Waals surface area contributed by atoms with Crippen molar-refractivity contribution in [1.82, 2.24) is 0 Å². The fourth-order valence-electron chi connectivity index (χ4n) is 2.16. The van der Waals surface area contributed by atoms with E-state index in [0.717, 1.165) is 10.5 Å². The van der Waals surface area contributed by atoms with Crippen LogP contribution in [0.1, 0.15) is 54.0 Å². The van der Waals surface area contributed by atoms with Crippen LogP contribution in [0.2, 0.25) is 5.02 Å². The molecule has 1 aliphatic heterocycles. The van der Waals surface area contributed by atoms with Crippen LogP contribution in [-0.2, 0) is 14.7 Å². The van der Waals surface area contributed by atoms with Crippen LogP contribution >= 0.6 is 11.6 Å². The first-order valence-corrected chi connectivity index (χ1v) is 7.47. The zero-order valence-corrected chi connectivity index (χ0v) is 14.3. The summed E-state index contributed by atoms with van der Waals surface area (Å²) in [5, 5.41) is 0.724. The first-order valence-electron chi connectivity index (χ1n) is 7.09. The van der Waals surface area contributed by atoms with Crippen molar-refractivity contribution in [3.63, 3.8) is 0 Å². The third kappa shape index (κ3) is 2.90. The zero-order valence-electron chi connectivity index (χ0n) is 13.5. The molecule has 0 unspecified atom stereocenters. The lowest BCUT2D eigenvalue weighted by Gasteiger charge is -2.32. The molecule has 1 aromatic rings. The summed E-state index contributed by atoms with van der Waals surface area (Å²) in [6.45, 7) is 14.8. The zero-order chi connectivity index (χ0) is 15.3. The molecule has 2 rings (SSSR count). The summed E-state index contributed by atoms with van der Waals surface area (Å²) in [7, 11) is -0.361. The summed E-state index contributed by atoms with van der Waals surface area (Å²) in [6, 6.07) is 6.07.